The zero-order valence-corrected chi connectivity index (χ0v) is 16.0. The lowest BCUT2D eigenvalue weighted by atomic mass is 10.2. The summed E-state index contributed by atoms with van der Waals surface area (Å²) in [4.78, 5) is 16.3. The zero-order valence-electron chi connectivity index (χ0n) is 15.2. The number of aromatic nitrogens is 4. The second-order valence-corrected chi connectivity index (χ2v) is 6.45. The van der Waals surface area contributed by atoms with Crippen LogP contribution in [-0.2, 0) is 11.8 Å². The molecule has 0 radical (unpaired) electrons. The van der Waals surface area contributed by atoms with E-state index < -0.39 is 0 Å². The number of rotatable bonds is 7. The first-order chi connectivity index (χ1) is 13.1. The molecule has 1 amide bonds. The van der Waals surface area contributed by atoms with Crippen LogP contribution in [0.25, 0.3) is 11.4 Å². The second kappa shape index (κ2) is 8.54. The van der Waals surface area contributed by atoms with Gasteiger partial charge in [0.15, 0.2) is 11.0 Å². The van der Waals surface area contributed by atoms with Gasteiger partial charge in [-0.2, -0.15) is 0 Å². The Morgan fingerprint density at radius 3 is 2.63 bits per heavy atom. The number of nitrogens with zero attached hydrogens (tertiary/aromatic N) is 4. The summed E-state index contributed by atoms with van der Waals surface area (Å²) in [7, 11) is 4.98. The fourth-order valence-corrected chi connectivity index (χ4v) is 3.12. The number of hydrogen-bond donors (Lipinski definition) is 1. The Morgan fingerprint density at radius 1 is 1.15 bits per heavy atom. The van der Waals surface area contributed by atoms with Gasteiger partial charge >= 0.3 is 0 Å². The van der Waals surface area contributed by atoms with Gasteiger partial charge in [0.1, 0.15) is 11.5 Å². The summed E-state index contributed by atoms with van der Waals surface area (Å²) >= 11 is 1.31. The highest BCUT2D eigenvalue weighted by atomic mass is 32.2. The summed E-state index contributed by atoms with van der Waals surface area (Å²) in [5.41, 5.74) is 1.50. The minimum absolute atomic E-state index is 0.170. The molecule has 2 aromatic heterocycles. The van der Waals surface area contributed by atoms with Crippen molar-refractivity contribution in [1.82, 2.24) is 19.7 Å². The van der Waals surface area contributed by atoms with Crippen molar-refractivity contribution in [2.75, 3.05) is 25.3 Å². The van der Waals surface area contributed by atoms with E-state index in [1.807, 2.05) is 23.7 Å². The number of carbonyl (C=O) groups is 1. The lowest BCUT2D eigenvalue weighted by Gasteiger charge is -2.11. The summed E-state index contributed by atoms with van der Waals surface area (Å²) in [6, 6.07) is 8.94. The van der Waals surface area contributed by atoms with Crippen molar-refractivity contribution >= 4 is 23.4 Å². The maximum absolute atomic E-state index is 12.3. The summed E-state index contributed by atoms with van der Waals surface area (Å²) in [5.74, 6) is 1.93. The Bertz CT molecular complexity index is 930. The first kappa shape index (κ1) is 18.7. The van der Waals surface area contributed by atoms with Gasteiger partial charge in [0.05, 0.1) is 25.7 Å². The van der Waals surface area contributed by atoms with Crippen molar-refractivity contribution in [2.24, 2.45) is 7.05 Å². The van der Waals surface area contributed by atoms with Crippen LogP contribution in [0.1, 0.15) is 0 Å². The smallest absolute Gasteiger partial charge is 0.234 e. The Hall–Kier alpha value is -3.07. The van der Waals surface area contributed by atoms with E-state index in [2.05, 4.69) is 20.5 Å². The molecule has 0 unspecified atom stereocenters. The Balaban J connectivity index is 1.64. The summed E-state index contributed by atoms with van der Waals surface area (Å²) < 4.78 is 12.3. The second-order valence-electron chi connectivity index (χ2n) is 5.50. The average molecular weight is 385 g/mol. The van der Waals surface area contributed by atoms with Crippen LogP contribution in [-0.4, -0.2) is 45.6 Å². The van der Waals surface area contributed by atoms with E-state index in [9.17, 15) is 4.79 Å². The molecular formula is C18H19N5O3S. The molecule has 2 heterocycles. The quantitative estimate of drug-likeness (QED) is 0.625. The van der Waals surface area contributed by atoms with Crippen molar-refractivity contribution in [1.29, 1.82) is 0 Å². The largest absolute Gasteiger partial charge is 0.497 e. The summed E-state index contributed by atoms with van der Waals surface area (Å²) in [6.45, 7) is 0. The molecule has 0 atom stereocenters. The van der Waals surface area contributed by atoms with E-state index >= 15 is 0 Å². The number of nitrogens with one attached hydrogen (secondary N) is 1. The molecule has 27 heavy (non-hydrogen) atoms. The number of ether oxygens (including phenoxy) is 2. The predicted octanol–water partition coefficient (Wildman–Crippen LogP) is 2.63. The molecule has 1 N–H and O–H groups in total. The van der Waals surface area contributed by atoms with Crippen LogP contribution >= 0.6 is 11.8 Å². The molecule has 0 aliphatic heterocycles. The number of anilines is 1. The minimum atomic E-state index is -0.170. The van der Waals surface area contributed by atoms with Crippen molar-refractivity contribution in [3.05, 3.63) is 42.7 Å². The van der Waals surface area contributed by atoms with Gasteiger partial charge in [-0.1, -0.05) is 11.8 Å². The third-order valence-corrected chi connectivity index (χ3v) is 4.81. The molecule has 140 valence electrons. The van der Waals surface area contributed by atoms with Gasteiger partial charge < -0.3 is 19.4 Å². The molecule has 1 aromatic carbocycles. The average Bonchev–Trinajstić information content (AvgIpc) is 3.07. The fourth-order valence-electron chi connectivity index (χ4n) is 2.41. The number of amides is 1. The highest BCUT2D eigenvalue weighted by Crippen LogP contribution is 2.29. The van der Waals surface area contributed by atoms with Crippen LogP contribution < -0.4 is 14.8 Å². The van der Waals surface area contributed by atoms with Gasteiger partial charge in [-0.15, -0.1) is 10.2 Å². The number of hydrogen-bond acceptors (Lipinski definition) is 7. The maximum Gasteiger partial charge on any atom is 0.234 e. The molecule has 8 nitrogen and oxygen atoms in total. The predicted molar refractivity (Wildman–Crippen MR) is 103 cm³/mol. The van der Waals surface area contributed by atoms with E-state index in [0.717, 1.165) is 11.4 Å². The topological polar surface area (TPSA) is 91.2 Å². The van der Waals surface area contributed by atoms with Gasteiger partial charge in [-0.05, 0) is 24.3 Å². The van der Waals surface area contributed by atoms with Crippen molar-refractivity contribution in [2.45, 2.75) is 5.16 Å². The van der Waals surface area contributed by atoms with E-state index in [4.69, 9.17) is 9.47 Å². The Kier molecular flexibility index (Phi) is 5.92. The van der Waals surface area contributed by atoms with Crippen LogP contribution in [0.3, 0.4) is 0 Å². The van der Waals surface area contributed by atoms with Crippen molar-refractivity contribution < 1.29 is 14.3 Å². The van der Waals surface area contributed by atoms with Crippen LogP contribution in [0.15, 0.2) is 47.9 Å². The minimum Gasteiger partial charge on any atom is -0.497 e. The normalized spacial score (nSPS) is 10.5. The molecule has 3 rings (SSSR count). The number of pyridine rings is 1. The van der Waals surface area contributed by atoms with E-state index in [-0.39, 0.29) is 11.7 Å². The molecule has 0 spiro atoms. The SMILES string of the molecule is COc1ccc(NC(=O)CSc2nnc(-c3ccncc3)n2C)c(OC)c1. The standard InChI is InChI=1S/C18H19N5O3S/c1-23-17(12-6-8-19-9-7-12)21-22-18(23)27-11-16(24)20-14-5-4-13(25-2)10-15(14)26-3/h4-10H,11H2,1-3H3,(H,20,24). The lowest BCUT2D eigenvalue weighted by molar-refractivity contribution is -0.113. The zero-order chi connectivity index (χ0) is 19.2. The van der Waals surface area contributed by atoms with Crippen LogP contribution in [0.4, 0.5) is 5.69 Å². The first-order valence-electron chi connectivity index (χ1n) is 8.07. The van der Waals surface area contributed by atoms with Gasteiger partial charge in [0, 0.05) is 31.1 Å². The fraction of sp³-hybridized carbons (Fsp3) is 0.222. The monoisotopic (exact) mass is 385 g/mol. The third-order valence-electron chi connectivity index (χ3n) is 3.79. The van der Waals surface area contributed by atoms with Gasteiger partial charge in [0.2, 0.25) is 5.91 Å². The molecule has 0 aliphatic rings. The van der Waals surface area contributed by atoms with E-state index in [0.29, 0.717) is 22.3 Å². The molecule has 0 fully saturated rings. The number of methoxy groups -OCH3 is 2. The molecule has 0 bridgehead atoms. The van der Waals surface area contributed by atoms with E-state index in [1.165, 1.54) is 11.8 Å². The van der Waals surface area contributed by atoms with Gasteiger partial charge in [-0.25, -0.2) is 0 Å². The van der Waals surface area contributed by atoms with Crippen molar-refractivity contribution in [3.8, 4) is 22.9 Å². The number of carbonyl (C=O) groups excluding carboxylic acids is 1. The van der Waals surface area contributed by atoms with E-state index in [1.54, 1.807) is 44.8 Å². The third kappa shape index (κ3) is 4.37. The Morgan fingerprint density at radius 2 is 1.93 bits per heavy atom. The molecule has 0 aliphatic carbocycles. The maximum atomic E-state index is 12.3. The van der Waals surface area contributed by atoms with Gasteiger partial charge in [-0.3, -0.25) is 9.78 Å². The number of benzene rings is 1. The Labute approximate surface area is 160 Å². The molecule has 9 heteroatoms. The van der Waals surface area contributed by atoms with Crippen LogP contribution in [0.5, 0.6) is 11.5 Å². The highest BCUT2D eigenvalue weighted by molar-refractivity contribution is 7.99. The summed E-state index contributed by atoms with van der Waals surface area (Å²) in [5, 5.41) is 11.8. The lowest BCUT2D eigenvalue weighted by Crippen LogP contribution is -2.15. The molecule has 0 saturated heterocycles. The van der Waals surface area contributed by atoms with Crippen molar-refractivity contribution in [3.63, 3.8) is 0 Å². The number of thioether (sulfide) groups is 1. The molecule has 0 saturated carbocycles. The first-order valence-corrected chi connectivity index (χ1v) is 9.05. The molecule has 3 aromatic rings. The van der Waals surface area contributed by atoms with Gasteiger partial charge in [0.25, 0.3) is 0 Å². The highest BCUT2D eigenvalue weighted by Gasteiger charge is 2.14. The van der Waals surface area contributed by atoms with Crippen LogP contribution in [0.2, 0.25) is 0 Å². The summed E-state index contributed by atoms with van der Waals surface area (Å²) in [6.07, 6.45) is 3.40. The van der Waals surface area contributed by atoms with Crippen LogP contribution in [0, 0.1) is 0 Å². The molecular weight excluding hydrogens is 366 g/mol.